The summed E-state index contributed by atoms with van der Waals surface area (Å²) in [5, 5.41) is 17.9. The third-order valence-corrected chi connectivity index (χ3v) is 4.37. The molecule has 1 saturated heterocycles. The first-order valence-corrected chi connectivity index (χ1v) is 6.88. The fourth-order valence-corrected chi connectivity index (χ4v) is 2.88. The number of thiazole rings is 1. The number of hydrogen-bond donors (Lipinski definition) is 2. The van der Waals surface area contributed by atoms with E-state index in [0.717, 1.165) is 24.4 Å². The van der Waals surface area contributed by atoms with E-state index in [0.29, 0.717) is 11.2 Å². The molecule has 1 aliphatic heterocycles. The van der Waals surface area contributed by atoms with Crippen molar-refractivity contribution in [2.24, 2.45) is 5.41 Å². The highest BCUT2D eigenvalue weighted by molar-refractivity contribution is 7.18. The zero-order chi connectivity index (χ0) is 13.2. The number of piperidine rings is 1. The van der Waals surface area contributed by atoms with Crippen molar-refractivity contribution in [2.75, 3.05) is 18.4 Å². The zero-order valence-electron chi connectivity index (χ0n) is 10.6. The lowest BCUT2D eigenvalue weighted by Crippen LogP contribution is -2.50. The lowest BCUT2D eigenvalue weighted by Gasteiger charge is -2.39. The second kappa shape index (κ2) is 5.19. The van der Waals surface area contributed by atoms with Crippen LogP contribution in [0.5, 0.6) is 0 Å². The third-order valence-electron chi connectivity index (χ3n) is 3.46. The Balaban J connectivity index is 1.92. The Morgan fingerprint density at radius 2 is 2.50 bits per heavy atom. The molecule has 0 aromatic carbocycles. The number of nitrogens with zero attached hydrogens (tertiary/aromatic N) is 2. The van der Waals surface area contributed by atoms with Gasteiger partial charge in [0.1, 0.15) is 6.20 Å². The molecule has 0 bridgehead atoms. The van der Waals surface area contributed by atoms with Gasteiger partial charge in [-0.25, -0.2) is 4.98 Å². The lowest BCUT2D eigenvalue weighted by molar-refractivity contribution is -0.380. The van der Waals surface area contributed by atoms with Crippen LogP contribution < -0.4 is 10.6 Å². The van der Waals surface area contributed by atoms with Crippen LogP contribution in [0.2, 0.25) is 0 Å². The smallest absolute Gasteiger partial charge is 0.345 e. The molecule has 0 spiro atoms. The predicted molar refractivity (Wildman–Crippen MR) is 72.1 cm³/mol. The SMILES string of the molecule is CC1(C)CCCNC1CNc1ncc([N+](=O)[O-])s1. The molecule has 1 aromatic heterocycles. The van der Waals surface area contributed by atoms with Gasteiger partial charge in [-0.1, -0.05) is 13.8 Å². The minimum atomic E-state index is -0.411. The van der Waals surface area contributed by atoms with Crippen molar-refractivity contribution in [3.8, 4) is 0 Å². The molecule has 0 saturated carbocycles. The van der Waals surface area contributed by atoms with Gasteiger partial charge in [-0.2, -0.15) is 0 Å². The number of nitrogens with one attached hydrogen (secondary N) is 2. The predicted octanol–water partition coefficient (Wildman–Crippen LogP) is 2.24. The van der Waals surface area contributed by atoms with Crippen molar-refractivity contribution >= 4 is 21.5 Å². The molecule has 6 nitrogen and oxygen atoms in total. The zero-order valence-corrected chi connectivity index (χ0v) is 11.4. The molecular weight excluding hydrogens is 252 g/mol. The van der Waals surface area contributed by atoms with Crippen LogP contribution in [0.1, 0.15) is 26.7 Å². The van der Waals surface area contributed by atoms with Gasteiger partial charge in [0, 0.05) is 12.6 Å². The van der Waals surface area contributed by atoms with E-state index in [1.807, 2.05) is 0 Å². The van der Waals surface area contributed by atoms with Crippen molar-refractivity contribution in [3.05, 3.63) is 16.3 Å². The van der Waals surface area contributed by atoms with Crippen LogP contribution in [0.3, 0.4) is 0 Å². The highest BCUT2D eigenvalue weighted by Crippen LogP contribution is 2.31. The van der Waals surface area contributed by atoms with E-state index in [9.17, 15) is 10.1 Å². The Kier molecular flexibility index (Phi) is 3.82. The van der Waals surface area contributed by atoms with Gasteiger partial charge in [0.05, 0.1) is 4.92 Å². The minimum Gasteiger partial charge on any atom is -0.360 e. The molecule has 2 heterocycles. The van der Waals surface area contributed by atoms with E-state index in [2.05, 4.69) is 29.5 Å². The van der Waals surface area contributed by atoms with Crippen LogP contribution in [0.15, 0.2) is 6.20 Å². The summed E-state index contributed by atoms with van der Waals surface area (Å²) in [5.74, 6) is 0. The molecule has 2 N–H and O–H groups in total. The molecule has 0 radical (unpaired) electrons. The van der Waals surface area contributed by atoms with Gasteiger partial charge in [-0.05, 0) is 36.1 Å². The van der Waals surface area contributed by atoms with Gasteiger partial charge in [0.2, 0.25) is 0 Å². The van der Waals surface area contributed by atoms with E-state index in [4.69, 9.17) is 0 Å². The van der Waals surface area contributed by atoms with Crippen LogP contribution in [0, 0.1) is 15.5 Å². The Hall–Kier alpha value is -1.21. The second-order valence-corrected chi connectivity index (χ2v) is 6.25. The van der Waals surface area contributed by atoms with E-state index in [-0.39, 0.29) is 10.4 Å². The van der Waals surface area contributed by atoms with Gasteiger partial charge in [-0.15, -0.1) is 0 Å². The van der Waals surface area contributed by atoms with Crippen molar-refractivity contribution in [3.63, 3.8) is 0 Å². The van der Waals surface area contributed by atoms with Crippen LogP contribution >= 0.6 is 11.3 Å². The van der Waals surface area contributed by atoms with Crippen LogP contribution in [-0.4, -0.2) is 29.0 Å². The molecule has 0 amide bonds. The molecule has 100 valence electrons. The third kappa shape index (κ3) is 2.97. The molecule has 0 aliphatic carbocycles. The number of rotatable bonds is 4. The Labute approximate surface area is 110 Å². The summed E-state index contributed by atoms with van der Waals surface area (Å²) in [5.41, 5.74) is 0.244. The molecular formula is C11H18N4O2S. The Morgan fingerprint density at radius 3 is 3.11 bits per heavy atom. The summed E-state index contributed by atoms with van der Waals surface area (Å²) in [6, 6.07) is 0.370. The van der Waals surface area contributed by atoms with Crippen LogP contribution in [0.25, 0.3) is 0 Å². The van der Waals surface area contributed by atoms with E-state index < -0.39 is 4.92 Å². The second-order valence-electron chi connectivity index (χ2n) is 5.24. The molecule has 1 aromatic rings. The number of aromatic nitrogens is 1. The molecule has 1 unspecified atom stereocenters. The molecule has 1 atom stereocenters. The Morgan fingerprint density at radius 1 is 1.72 bits per heavy atom. The fraction of sp³-hybridized carbons (Fsp3) is 0.727. The first-order chi connectivity index (χ1) is 8.49. The quantitative estimate of drug-likeness (QED) is 0.648. The van der Waals surface area contributed by atoms with E-state index >= 15 is 0 Å². The van der Waals surface area contributed by atoms with Crippen molar-refractivity contribution in [2.45, 2.75) is 32.7 Å². The minimum absolute atomic E-state index is 0.0772. The topological polar surface area (TPSA) is 80.1 Å². The monoisotopic (exact) mass is 270 g/mol. The maximum atomic E-state index is 10.6. The summed E-state index contributed by atoms with van der Waals surface area (Å²) in [4.78, 5) is 14.2. The molecule has 7 heteroatoms. The number of anilines is 1. The Bertz CT molecular complexity index is 432. The average Bonchev–Trinajstić information content (AvgIpc) is 2.76. The first-order valence-electron chi connectivity index (χ1n) is 6.06. The summed E-state index contributed by atoms with van der Waals surface area (Å²) in [7, 11) is 0. The van der Waals surface area contributed by atoms with Crippen molar-refractivity contribution < 1.29 is 4.92 Å². The average molecular weight is 270 g/mol. The highest BCUT2D eigenvalue weighted by atomic mass is 32.1. The number of hydrogen-bond acceptors (Lipinski definition) is 6. The highest BCUT2D eigenvalue weighted by Gasteiger charge is 2.31. The standard InChI is InChI=1S/C11H18N4O2S/c1-11(2)4-3-5-12-8(11)6-13-10-14-7-9(18-10)15(16)17/h7-8,12H,3-6H2,1-2H3,(H,13,14). The van der Waals surface area contributed by atoms with Crippen LogP contribution in [-0.2, 0) is 0 Å². The molecule has 2 rings (SSSR count). The lowest BCUT2D eigenvalue weighted by atomic mass is 9.77. The largest absolute Gasteiger partial charge is 0.360 e. The van der Waals surface area contributed by atoms with Crippen molar-refractivity contribution in [1.29, 1.82) is 0 Å². The number of nitro groups is 1. The normalized spacial score (nSPS) is 22.7. The molecule has 1 fully saturated rings. The van der Waals surface area contributed by atoms with Gasteiger partial charge < -0.3 is 10.6 Å². The van der Waals surface area contributed by atoms with E-state index in [1.165, 1.54) is 19.0 Å². The van der Waals surface area contributed by atoms with Crippen molar-refractivity contribution in [1.82, 2.24) is 10.3 Å². The maximum Gasteiger partial charge on any atom is 0.345 e. The van der Waals surface area contributed by atoms with Gasteiger partial charge in [-0.3, -0.25) is 10.1 Å². The summed E-state index contributed by atoms with van der Waals surface area (Å²) >= 11 is 1.08. The molecule has 18 heavy (non-hydrogen) atoms. The summed E-state index contributed by atoms with van der Waals surface area (Å²) < 4.78 is 0. The summed E-state index contributed by atoms with van der Waals surface area (Å²) in [6.07, 6.45) is 3.70. The fourth-order valence-electron chi connectivity index (χ4n) is 2.24. The van der Waals surface area contributed by atoms with Gasteiger partial charge >= 0.3 is 5.00 Å². The van der Waals surface area contributed by atoms with Gasteiger partial charge in [0.15, 0.2) is 5.13 Å². The van der Waals surface area contributed by atoms with E-state index in [1.54, 1.807) is 0 Å². The maximum absolute atomic E-state index is 10.6. The first kappa shape index (κ1) is 13.2. The van der Waals surface area contributed by atoms with Crippen LogP contribution in [0.4, 0.5) is 10.1 Å². The van der Waals surface area contributed by atoms with Gasteiger partial charge in [0.25, 0.3) is 0 Å². The summed E-state index contributed by atoms with van der Waals surface area (Å²) in [6.45, 7) is 6.27. The molecule has 1 aliphatic rings.